The minimum absolute atomic E-state index is 0.120. The number of oxazole rings is 1. The fourth-order valence-electron chi connectivity index (χ4n) is 1.70. The van der Waals surface area contributed by atoms with Gasteiger partial charge in [0.05, 0.1) is 5.69 Å². The summed E-state index contributed by atoms with van der Waals surface area (Å²) < 4.78 is 5.22. The lowest BCUT2D eigenvalue weighted by atomic mass is 10.2. The third kappa shape index (κ3) is 3.58. The van der Waals surface area contributed by atoms with Gasteiger partial charge in [-0.05, 0) is 12.8 Å². The van der Waals surface area contributed by atoms with E-state index in [2.05, 4.69) is 4.98 Å². The highest BCUT2D eigenvalue weighted by molar-refractivity contribution is 5.94. The molecule has 1 aromatic heterocycles. The third-order valence-corrected chi connectivity index (χ3v) is 2.30. The Morgan fingerprint density at radius 1 is 1.39 bits per heavy atom. The van der Waals surface area contributed by atoms with Crippen LogP contribution < -0.4 is 0 Å². The third-order valence-electron chi connectivity index (χ3n) is 2.30. The molecular formula is C12H18N2O4. The van der Waals surface area contributed by atoms with E-state index < -0.39 is 11.9 Å². The average molecular weight is 254 g/mol. The first kappa shape index (κ1) is 14.2. The molecule has 0 aliphatic heterocycles. The number of aromatic nitrogens is 1. The molecule has 0 saturated carbocycles. The van der Waals surface area contributed by atoms with E-state index >= 15 is 0 Å². The fraction of sp³-hybridized carbons (Fsp3) is 0.583. The number of rotatable bonds is 5. The van der Waals surface area contributed by atoms with E-state index in [1.165, 1.54) is 4.90 Å². The van der Waals surface area contributed by atoms with Gasteiger partial charge in [-0.15, -0.1) is 0 Å². The van der Waals surface area contributed by atoms with E-state index in [1.54, 1.807) is 13.8 Å². The molecule has 6 heteroatoms. The van der Waals surface area contributed by atoms with Gasteiger partial charge >= 0.3 is 5.97 Å². The second kappa shape index (κ2) is 5.66. The molecule has 0 aromatic carbocycles. The molecule has 0 aliphatic carbocycles. The van der Waals surface area contributed by atoms with Crippen LogP contribution in [0.4, 0.5) is 0 Å². The topological polar surface area (TPSA) is 83.6 Å². The van der Waals surface area contributed by atoms with E-state index in [0.29, 0.717) is 18.1 Å². The average Bonchev–Trinajstić information content (AvgIpc) is 2.54. The fourth-order valence-corrected chi connectivity index (χ4v) is 1.70. The Kier molecular flexibility index (Phi) is 4.47. The Morgan fingerprint density at radius 3 is 2.39 bits per heavy atom. The molecule has 1 heterocycles. The first-order chi connectivity index (χ1) is 8.31. The van der Waals surface area contributed by atoms with E-state index in [9.17, 15) is 9.59 Å². The molecule has 1 amide bonds. The van der Waals surface area contributed by atoms with Crippen molar-refractivity contribution in [1.29, 1.82) is 0 Å². The maximum Gasteiger partial charge on any atom is 0.323 e. The number of amides is 1. The Bertz CT molecular complexity index is 451. The first-order valence-corrected chi connectivity index (χ1v) is 5.76. The Hall–Kier alpha value is -1.85. The standard InChI is InChI=1S/C12H18N2O4/c1-7(2)5-14(6-10(15)16)12(17)11-8(3)13-9(4)18-11/h7H,5-6H2,1-4H3,(H,15,16). The highest BCUT2D eigenvalue weighted by Crippen LogP contribution is 2.13. The summed E-state index contributed by atoms with van der Waals surface area (Å²) in [5.74, 6) is -0.773. The SMILES string of the molecule is Cc1nc(C)c(C(=O)N(CC(=O)O)CC(C)C)o1. The smallest absolute Gasteiger partial charge is 0.323 e. The molecule has 100 valence electrons. The zero-order valence-electron chi connectivity index (χ0n) is 11.1. The van der Waals surface area contributed by atoms with Crippen LogP contribution in [-0.4, -0.2) is 40.0 Å². The van der Waals surface area contributed by atoms with Crippen molar-refractivity contribution >= 4 is 11.9 Å². The molecule has 0 radical (unpaired) electrons. The molecule has 1 N–H and O–H groups in total. The number of carbonyl (C=O) groups is 2. The van der Waals surface area contributed by atoms with Crippen LogP contribution in [0.2, 0.25) is 0 Å². The number of carbonyl (C=O) groups excluding carboxylic acids is 1. The van der Waals surface area contributed by atoms with Gasteiger partial charge in [0.2, 0.25) is 5.76 Å². The van der Waals surface area contributed by atoms with Crippen LogP contribution in [0.25, 0.3) is 0 Å². The Labute approximate surface area is 106 Å². The summed E-state index contributed by atoms with van der Waals surface area (Å²) in [4.78, 5) is 28.2. The summed E-state index contributed by atoms with van der Waals surface area (Å²) in [6, 6.07) is 0. The van der Waals surface area contributed by atoms with Gasteiger partial charge in [0.1, 0.15) is 6.54 Å². The van der Waals surface area contributed by atoms with Crippen molar-refractivity contribution in [3.8, 4) is 0 Å². The normalized spacial score (nSPS) is 10.7. The highest BCUT2D eigenvalue weighted by atomic mass is 16.4. The van der Waals surface area contributed by atoms with Gasteiger partial charge in [-0.25, -0.2) is 4.98 Å². The zero-order valence-corrected chi connectivity index (χ0v) is 11.1. The molecule has 6 nitrogen and oxygen atoms in total. The first-order valence-electron chi connectivity index (χ1n) is 5.76. The zero-order chi connectivity index (χ0) is 13.9. The van der Waals surface area contributed by atoms with E-state index in [0.717, 1.165) is 0 Å². The van der Waals surface area contributed by atoms with Crippen molar-refractivity contribution in [3.05, 3.63) is 17.3 Å². The number of aryl methyl sites for hydroxylation is 2. The van der Waals surface area contributed by atoms with E-state index in [1.807, 2.05) is 13.8 Å². The van der Waals surface area contributed by atoms with Crippen LogP contribution in [0.3, 0.4) is 0 Å². The van der Waals surface area contributed by atoms with Crippen LogP contribution in [-0.2, 0) is 4.79 Å². The highest BCUT2D eigenvalue weighted by Gasteiger charge is 2.24. The molecule has 0 bridgehead atoms. The predicted molar refractivity (Wildman–Crippen MR) is 64.4 cm³/mol. The van der Waals surface area contributed by atoms with Crippen LogP contribution >= 0.6 is 0 Å². The van der Waals surface area contributed by atoms with Crippen LogP contribution in [0.5, 0.6) is 0 Å². The summed E-state index contributed by atoms with van der Waals surface area (Å²) in [7, 11) is 0. The lowest BCUT2D eigenvalue weighted by Crippen LogP contribution is -2.38. The molecule has 0 spiro atoms. The summed E-state index contributed by atoms with van der Waals surface area (Å²) >= 11 is 0. The van der Waals surface area contributed by atoms with Gasteiger partial charge in [-0.2, -0.15) is 0 Å². The van der Waals surface area contributed by atoms with Crippen molar-refractivity contribution in [2.24, 2.45) is 5.92 Å². The van der Waals surface area contributed by atoms with Gasteiger partial charge in [-0.1, -0.05) is 13.8 Å². The summed E-state index contributed by atoms with van der Waals surface area (Å²) in [6.07, 6.45) is 0. The second-order valence-corrected chi connectivity index (χ2v) is 4.62. The summed E-state index contributed by atoms with van der Waals surface area (Å²) in [5, 5.41) is 8.83. The molecule has 18 heavy (non-hydrogen) atoms. The maximum atomic E-state index is 12.2. The number of aliphatic carboxylic acids is 1. The number of nitrogens with zero attached hydrogens (tertiary/aromatic N) is 2. The molecule has 0 atom stereocenters. The van der Waals surface area contributed by atoms with Crippen molar-refractivity contribution in [2.75, 3.05) is 13.1 Å². The molecular weight excluding hydrogens is 236 g/mol. The van der Waals surface area contributed by atoms with E-state index in [-0.39, 0.29) is 18.2 Å². The van der Waals surface area contributed by atoms with Gasteiger partial charge in [0.25, 0.3) is 5.91 Å². The second-order valence-electron chi connectivity index (χ2n) is 4.62. The predicted octanol–water partition coefficient (Wildman–Crippen LogP) is 1.47. The summed E-state index contributed by atoms with van der Waals surface area (Å²) in [6.45, 7) is 7.17. The monoisotopic (exact) mass is 254 g/mol. The number of carboxylic acids is 1. The molecule has 0 fully saturated rings. The van der Waals surface area contributed by atoms with Gasteiger partial charge in [0.15, 0.2) is 5.89 Å². The molecule has 1 aromatic rings. The lowest BCUT2D eigenvalue weighted by molar-refractivity contribution is -0.137. The van der Waals surface area contributed by atoms with Crippen molar-refractivity contribution < 1.29 is 19.1 Å². The van der Waals surface area contributed by atoms with Gasteiger partial charge in [-0.3, -0.25) is 9.59 Å². The van der Waals surface area contributed by atoms with Gasteiger partial charge < -0.3 is 14.4 Å². The minimum atomic E-state index is -1.04. The largest absolute Gasteiger partial charge is 0.480 e. The molecule has 0 unspecified atom stereocenters. The number of carboxylic acid groups (broad SMARTS) is 1. The summed E-state index contributed by atoms with van der Waals surface area (Å²) in [5.41, 5.74) is 0.483. The quantitative estimate of drug-likeness (QED) is 0.860. The van der Waals surface area contributed by atoms with E-state index in [4.69, 9.17) is 9.52 Å². The lowest BCUT2D eigenvalue weighted by Gasteiger charge is -2.21. The van der Waals surface area contributed by atoms with Gasteiger partial charge in [0, 0.05) is 13.5 Å². The van der Waals surface area contributed by atoms with Crippen molar-refractivity contribution in [3.63, 3.8) is 0 Å². The molecule has 1 rings (SSSR count). The van der Waals surface area contributed by atoms with Crippen LogP contribution in [0.15, 0.2) is 4.42 Å². The molecule has 0 saturated heterocycles. The van der Waals surface area contributed by atoms with Crippen molar-refractivity contribution in [1.82, 2.24) is 9.88 Å². The Balaban J connectivity index is 2.94. The number of hydrogen-bond acceptors (Lipinski definition) is 4. The maximum absolute atomic E-state index is 12.2. The molecule has 0 aliphatic rings. The Morgan fingerprint density at radius 2 is 2.00 bits per heavy atom. The minimum Gasteiger partial charge on any atom is -0.480 e. The van der Waals surface area contributed by atoms with Crippen molar-refractivity contribution in [2.45, 2.75) is 27.7 Å². The number of hydrogen-bond donors (Lipinski definition) is 1. The van der Waals surface area contributed by atoms with Crippen LogP contribution in [0, 0.1) is 19.8 Å². The van der Waals surface area contributed by atoms with Crippen LogP contribution in [0.1, 0.15) is 36.0 Å².